The zero-order valence-corrected chi connectivity index (χ0v) is 82.5. The van der Waals surface area contributed by atoms with Gasteiger partial charge in [-0.3, -0.25) is 37.2 Å². The maximum Gasteiger partial charge on any atom is 0.175 e. The number of hydrogen-bond donors (Lipinski definition) is 4. The maximum absolute atomic E-state index is 12.6. The van der Waals surface area contributed by atoms with Crippen LogP contribution in [-0.2, 0) is 19.7 Å². The molecular weight excluding hydrogens is 1870 g/mol. The predicted molar refractivity (Wildman–Crippen MR) is 549 cm³/mol. The highest BCUT2D eigenvalue weighted by atomic mass is 32.2. The standard InChI is InChI=1S/2C29H27FN2O3.2C29H30FNO5S/c1-19-26-14-24(33)7-10-27(26)35-29(28(19)23-4-2-3-20(13-23)16-31)22-5-8-25(9-6-22)34-12-11-32-17-21(15-30)18-32;1-19-26-10-7-24(33)14-27(26)35-29(28(19)23-4-2-3-20(13-23)16-31)22-5-8-25(9-6-22)34-12-11-32-17-21(15-30)18-32;1-19-26-15-23(32)7-12-27(26)36-29(28(19)21-5-10-25(11-6-21)37(2,33)34)22-3-8-24(9-4-22)35-14-13-31-17-20(16-30)18-31;1-19-26-15-23(32)8-11-27(26)36-29(28(19)22-4-3-5-25(14-22)37(2,33)34)21-6-9-24(10-7-21)35-13-12-31-17-20(16-30)18-31/h2*2-10,13-14,21,29,33H,11-12,15,17-18H2,1H3;3-12,15,20,29,32H,13-14,16-18H2,1-2H3;3-11,14-15,20,29,32H,12-13,16-18H2,1-2H3/t4*29-/m0000/s1. The minimum absolute atomic E-state index is 0.129. The second-order valence-electron chi connectivity index (χ2n) is 37.6. The molecule has 20 rings (SSSR count). The highest BCUT2D eigenvalue weighted by Gasteiger charge is 2.38. The molecule has 4 saturated heterocycles. The van der Waals surface area contributed by atoms with Gasteiger partial charge in [0.2, 0.25) is 0 Å². The number of likely N-dealkylation sites (tertiary alicyclic amines) is 4. The number of phenolic OH excluding ortho intramolecular Hbond substituents is 4. The van der Waals surface area contributed by atoms with Gasteiger partial charge < -0.3 is 58.3 Å². The highest BCUT2D eigenvalue weighted by Crippen LogP contribution is 2.53. The summed E-state index contributed by atoms with van der Waals surface area (Å²) in [5, 5.41) is 59.1. The minimum atomic E-state index is -3.40. The van der Waals surface area contributed by atoms with Gasteiger partial charge in [-0.2, -0.15) is 10.5 Å². The lowest BCUT2D eigenvalue weighted by atomic mass is 9.85. The second-order valence-corrected chi connectivity index (χ2v) is 41.7. The average Bonchev–Trinajstić information content (AvgIpc) is 0.760. The Kier molecular flexibility index (Phi) is 31.7. The number of rotatable bonds is 30. The second kappa shape index (κ2) is 45.1. The zero-order chi connectivity index (χ0) is 101. The molecule has 8 aliphatic heterocycles. The Morgan fingerprint density at radius 1 is 0.312 bits per heavy atom. The molecule has 28 heteroatoms. The Morgan fingerprint density at radius 2 is 0.590 bits per heavy atom. The van der Waals surface area contributed by atoms with Crippen molar-refractivity contribution in [3.8, 4) is 81.1 Å². The molecule has 0 radical (unpaired) electrons. The SMILES string of the molecule is CC1=C(c2ccc(S(C)(=O)=O)cc2)[C@H](c2ccc(OCCN3CC(CF)C3)cc2)Oc2ccc(O)cc21.CC1=C(c2cccc(C#N)c2)[C@H](c2ccc(OCCN3CC(CF)C3)cc2)Oc2cc(O)ccc21.CC1=C(c2cccc(C#N)c2)[C@H](c2ccc(OCCN3CC(CF)C3)cc2)Oc2ccc(O)cc21.CC1=C(c2cccc(S(C)(=O)=O)c2)[C@H](c2ccc(OCCN3CC(CF)C3)cc2)Oc2ccc(O)cc21. The van der Waals surface area contributed by atoms with E-state index in [0.29, 0.717) is 60.6 Å². The van der Waals surface area contributed by atoms with Crippen molar-refractivity contribution in [2.45, 2.75) is 61.9 Å². The fourth-order valence-electron chi connectivity index (χ4n) is 19.4. The van der Waals surface area contributed by atoms with Crippen LogP contribution in [0.15, 0.2) is 277 Å². The Morgan fingerprint density at radius 3 is 0.896 bits per heavy atom. The Labute approximate surface area is 837 Å². The number of benzene rings is 12. The number of aromatic hydroxyl groups is 4. The molecule has 0 saturated carbocycles. The van der Waals surface area contributed by atoms with Gasteiger partial charge in [-0.1, -0.05) is 97.1 Å². The van der Waals surface area contributed by atoms with Crippen molar-refractivity contribution >= 4 is 64.3 Å². The van der Waals surface area contributed by atoms with E-state index < -0.39 is 38.0 Å². The molecule has 0 aromatic heterocycles. The van der Waals surface area contributed by atoms with E-state index in [-0.39, 0.29) is 89.3 Å². The van der Waals surface area contributed by atoms with Crippen molar-refractivity contribution in [1.82, 2.24) is 19.6 Å². The van der Waals surface area contributed by atoms with Gasteiger partial charge >= 0.3 is 0 Å². The summed E-state index contributed by atoms with van der Waals surface area (Å²) in [5.74, 6) is 6.91. The van der Waals surface area contributed by atoms with Crippen LogP contribution in [0.1, 0.15) is 130 Å². The van der Waals surface area contributed by atoms with E-state index in [0.717, 1.165) is 213 Å². The predicted octanol–water partition coefficient (Wildman–Crippen LogP) is 21.5. The lowest BCUT2D eigenvalue weighted by Crippen LogP contribution is -2.49. The smallest absolute Gasteiger partial charge is 0.175 e. The van der Waals surface area contributed by atoms with Crippen molar-refractivity contribution in [3.05, 3.63) is 345 Å². The minimum Gasteiger partial charge on any atom is -0.508 e. The number of nitriles is 2. The van der Waals surface area contributed by atoms with E-state index in [4.69, 9.17) is 37.9 Å². The molecule has 0 aliphatic carbocycles. The van der Waals surface area contributed by atoms with E-state index in [1.165, 1.54) is 12.5 Å². The molecule has 144 heavy (non-hydrogen) atoms. The van der Waals surface area contributed by atoms with Gasteiger partial charge in [0.1, 0.15) is 120 Å². The molecule has 22 nitrogen and oxygen atoms in total. The van der Waals surface area contributed by atoms with Crippen LogP contribution in [0.4, 0.5) is 17.6 Å². The summed E-state index contributed by atoms with van der Waals surface area (Å²) in [5.41, 5.74) is 19.1. The Balaban J connectivity index is 0.000000132. The van der Waals surface area contributed by atoms with Crippen LogP contribution in [0.25, 0.3) is 44.6 Å². The lowest BCUT2D eigenvalue weighted by Gasteiger charge is -2.37. The number of halogens is 4. The van der Waals surface area contributed by atoms with E-state index in [9.17, 15) is 65.3 Å². The zero-order valence-electron chi connectivity index (χ0n) is 80.9. The number of sulfone groups is 2. The molecule has 8 aliphatic rings. The van der Waals surface area contributed by atoms with E-state index in [2.05, 4.69) is 31.7 Å². The average molecular weight is 1990 g/mol. The summed E-state index contributed by atoms with van der Waals surface area (Å²) in [7, 11) is -6.71. The molecule has 0 amide bonds. The van der Waals surface area contributed by atoms with Crippen molar-refractivity contribution in [2.75, 3.05) is 144 Å². The first kappa shape index (κ1) is 101. The third kappa shape index (κ3) is 23.7. The summed E-state index contributed by atoms with van der Waals surface area (Å²) < 4.78 is 148. The van der Waals surface area contributed by atoms with Gasteiger partial charge in [-0.25, -0.2) is 16.8 Å². The third-order valence-corrected chi connectivity index (χ3v) is 29.6. The van der Waals surface area contributed by atoms with Crippen LogP contribution >= 0.6 is 0 Å². The third-order valence-electron chi connectivity index (χ3n) is 27.3. The monoisotopic (exact) mass is 1990 g/mol. The number of fused-ring (bicyclic) bond motifs is 4. The molecular formula is C116H114F4N6O16S2. The lowest BCUT2D eigenvalue weighted by molar-refractivity contribution is 0.0668. The van der Waals surface area contributed by atoms with Gasteiger partial charge in [0.15, 0.2) is 19.7 Å². The number of phenols is 4. The summed E-state index contributed by atoms with van der Waals surface area (Å²) in [4.78, 5) is 9.22. The van der Waals surface area contributed by atoms with Gasteiger partial charge in [-0.15, -0.1) is 0 Å². The number of hydrogen-bond acceptors (Lipinski definition) is 22. The van der Waals surface area contributed by atoms with Gasteiger partial charge in [0, 0.05) is 165 Å². The normalized spacial score (nSPS) is 18.0. The summed E-state index contributed by atoms with van der Waals surface area (Å²) >= 11 is 0. The van der Waals surface area contributed by atoms with Crippen molar-refractivity contribution in [1.29, 1.82) is 10.5 Å². The molecule has 4 fully saturated rings. The van der Waals surface area contributed by atoms with Crippen LogP contribution in [0.5, 0.6) is 69.0 Å². The molecule has 4 N–H and O–H groups in total. The summed E-state index contributed by atoms with van der Waals surface area (Å²) in [6.07, 6.45) is 0.662. The van der Waals surface area contributed by atoms with Crippen LogP contribution in [-0.4, -0.2) is 201 Å². The van der Waals surface area contributed by atoms with E-state index >= 15 is 0 Å². The Hall–Kier alpha value is -14.4. The maximum atomic E-state index is 12.6. The molecule has 4 atom stereocenters. The quantitative estimate of drug-likeness (QED) is 0.0304. The largest absolute Gasteiger partial charge is 0.508 e. The number of ether oxygens (including phenoxy) is 8. The molecule has 744 valence electrons. The van der Waals surface area contributed by atoms with Crippen LogP contribution < -0.4 is 37.9 Å². The fraction of sp³-hybridized carbons (Fsp3) is 0.293. The van der Waals surface area contributed by atoms with Crippen LogP contribution in [0, 0.1) is 46.3 Å². The van der Waals surface area contributed by atoms with E-state index in [1.807, 2.05) is 173 Å². The molecule has 12 aromatic carbocycles. The van der Waals surface area contributed by atoms with Crippen molar-refractivity contribution in [2.24, 2.45) is 23.7 Å². The van der Waals surface area contributed by atoms with Crippen LogP contribution in [0.2, 0.25) is 0 Å². The fourth-order valence-corrected chi connectivity index (χ4v) is 20.7. The summed E-state index contributed by atoms with van der Waals surface area (Å²) in [6, 6.07) is 84.5. The molecule has 0 unspecified atom stereocenters. The van der Waals surface area contributed by atoms with Gasteiger partial charge in [-0.05, 0) is 258 Å². The Bertz CT molecular complexity index is 7110. The topological polar surface area (TPSA) is 284 Å². The highest BCUT2D eigenvalue weighted by molar-refractivity contribution is 7.91. The first-order valence-electron chi connectivity index (χ1n) is 48.1. The first-order chi connectivity index (χ1) is 69.5. The first-order valence-corrected chi connectivity index (χ1v) is 51.8. The summed E-state index contributed by atoms with van der Waals surface area (Å²) in [6.45, 7) is 18.6. The number of allylic oxidation sites excluding steroid dienone is 4. The van der Waals surface area contributed by atoms with Crippen molar-refractivity contribution < 1.29 is 92.7 Å². The molecule has 0 spiro atoms. The molecule has 12 aromatic rings. The number of alkyl halides is 4. The molecule has 8 heterocycles. The van der Waals surface area contributed by atoms with E-state index in [1.54, 1.807) is 121 Å². The van der Waals surface area contributed by atoms with Crippen LogP contribution in [0.3, 0.4) is 0 Å². The van der Waals surface area contributed by atoms with Gasteiger partial charge in [0.25, 0.3) is 0 Å². The number of nitrogens with zero attached hydrogens (tertiary/aromatic N) is 6. The van der Waals surface area contributed by atoms with Gasteiger partial charge in [0.05, 0.1) is 59.8 Å². The molecule has 0 bridgehead atoms. The van der Waals surface area contributed by atoms with Crippen molar-refractivity contribution in [3.63, 3.8) is 0 Å².